The van der Waals surface area contributed by atoms with E-state index in [1.54, 1.807) is 29.4 Å². The fraction of sp³-hybridized carbons (Fsp3) is 0.435. The van der Waals surface area contributed by atoms with Crippen molar-refractivity contribution in [2.24, 2.45) is 0 Å². The number of amides is 2. The van der Waals surface area contributed by atoms with Crippen molar-refractivity contribution < 1.29 is 19.1 Å². The second kappa shape index (κ2) is 10.3. The molecule has 4 rings (SSSR count). The van der Waals surface area contributed by atoms with Gasteiger partial charge in [0.1, 0.15) is 17.2 Å². The van der Waals surface area contributed by atoms with Gasteiger partial charge >= 0.3 is 6.09 Å². The number of nitrogens with zero attached hydrogens (tertiary/aromatic N) is 2. The Morgan fingerprint density at radius 3 is 3.03 bits per heavy atom. The van der Waals surface area contributed by atoms with Gasteiger partial charge in [-0.3, -0.25) is 4.79 Å². The molecule has 1 fully saturated rings. The summed E-state index contributed by atoms with van der Waals surface area (Å²) in [6.45, 7) is 1.21. The number of nitriles is 1. The zero-order chi connectivity index (χ0) is 22.5. The first-order valence-electron chi connectivity index (χ1n) is 10.6. The van der Waals surface area contributed by atoms with Gasteiger partial charge in [0.15, 0.2) is 0 Å². The number of fused-ring (bicyclic) bond motifs is 1. The first-order valence-corrected chi connectivity index (χ1v) is 12.4. The smallest absolute Gasteiger partial charge is 0.410 e. The van der Waals surface area contributed by atoms with Crippen LogP contribution in [0.15, 0.2) is 22.9 Å². The standard InChI is InChI=1S/C23H25N3O4S2/c1-29-13-16-3-2-9-26(16)23(28)30-17-5-6-18-19(12-24)22(32-20(18)11-17)25-21(27)7-4-15-8-10-31-14-15/h4,7-8,10,14,16-17H,2-3,5-6,9,11,13H2,1H3,(H,25,27)/b7-4+. The van der Waals surface area contributed by atoms with Gasteiger partial charge in [0, 0.05) is 31.0 Å². The average molecular weight is 472 g/mol. The maximum Gasteiger partial charge on any atom is 0.410 e. The fourth-order valence-corrected chi connectivity index (χ4v) is 6.10. The van der Waals surface area contributed by atoms with E-state index in [-0.39, 0.29) is 24.1 Å². The molecule has 1 aliphatic carbocycles. The third kappa shape index (κ3) is 5.04. The van der Waals surface area contributed by atoms with Crippen LogP contribution in [0.25, 0.3) is 6.08 Å². The minimum absolute atomic E-state index is 0.0718. The second-order valence-corrected chi connectivity index (χ2v) is 9.78. The fourth-order valence-electron chi connectivity index (χ4n) is 4.21. The molecule has 1 aliphatic heterocycles. The lowest BCUT2D eigenvalue weighted by Crippen LogP contribution is -2.40. The van der Waals surface area contributed by atoms with Gasteiger partial charge in [-0.15, -0.1) is 11.3 Å². The lowest BCUT2D eigenvalue weighted by molar-refractivity contribution is -0.111. The summed E-state index contributed by atoms with van der Waals surface area (Å²) in [4.78, 5) is 27.8. The Kier molecular flexibility index (Phi) is 7.25. The van der Waals surface area contributed by atoms with E-state index >= 15 is 0 Å². The number of hydrogen-bond acceptors (Lipinski definition) is 7. The minimum Gasteiger partial charge on any atom is -0.446 e. The van der Waals surface area contributed by atoms with Crippen LogP contribution in [0.4, 0.5) is 9.80 Å². The number of anilines is 1. The maximum atomic E-state index is 12.7. The van der Waals surface area contributed by atoms with Crippen molar-refractivity contribution in [2.75, 3.05) is 25.6 Å². The normalized spacial score (nSPS) is 20.2. The van der Waals surface area contributed by atoms with E-state index in [1.807, 2.05) is 16.8 Å². The molecular formula is C23H25N3O4S2. The minimum atomic E-state index is -0.290. The van der Waals surface area contributed by atoms with E-state index in [2.05, 4.69) is 11.4 Å². The molecule has 0 aromatic carbocycles. The molecule has 0 bridgehead atoms. The SMILES string of the molecule is COCC1CCCN1C(=O)OC1CCc2c(sc(NC(=O)/C=C/c3ccsc3)c2C#N)C1. The molecule has 2 amide bonds. The Morgan fingerprint density at radius 2 is 2.28 bits per heavy atom. The number of carbonyl (C=O) groups excluding carboxylic acids is 2. The number of hydrogen-bond donors (Lipinski definition) is 1. The number of likely N-dealkylation sites (tertiary alicyclic amines) is 1. The molecule has 2 unspecified atom stereocenters. The molecule has 2 atom stereocenters. The molecular weight excluding hydrogens is 446 g/mol. The predicted molar refractivity (Wildman–Crippen MR) is 125 cm³/mol. The monoisotopic (exact) mass is 471 g/mol. The van der Waals surface area contributed by atoms with Gasteiger partial charge in [-0.05, 0) is 59.7 Å². The van der Waals surface area contributed by atoms with Crippen LogP contribution in [0.1, 0.15) is 40.8 Å². The third-order valence-corrected chi connectivity index (χ3v) is 7.65. The van der Waals surface area contributed by atoms with Crippen molar-refractivity contribution >= 4 is 45.8 Å². The molecule has 0 spiro atoms. The van der Waals surface area contributed by atoms with Gasteiger partial charge in [0.25, 0.3) is 0 Å². The summed E-state index contributed by atoms with van der Waals surface area (Å²) < 4.78 is 11.0. The lowest BCUT2D eigenvalue weighted by Gasteiger charge is -2.28. The zero-order valence-corrected chi connectivity index (χ0v) is 19.5. The number of nitrogens with one attached hydrogen (secondary N) is 1. The van der Waals surface area contributed by atoms with Gasteiger partial charge in [0.05, 0.1) is 18.2 Å². The van der Waals surface area contributed by atoms with Crippen molar-refractivity contribution in [3.8, 4) is 6.07 Å². The molecule has 1 saturated heterocycles. The summed E-state index contributed by atoms with van der Waals surface area (Å²) in [6, 6.07) is 4.24. The van der Waals surface area contributed by atoms with Gasteiger partial charge in [-0.25, -0.2) is 4.79 Å². The van der Waals surface area contributed by atoms with Crippen molar-refractivity contribution in [2.45, 2.75) is 44.2 Å². The molecule has 3 heterocycles. The van der Waals surface area contributed by atoms with E-state index in [0.29, 0.717) is 43.0 Å². The first-order chi connectivity index (χ1) is 15.6. The molecule has 0 saturated carbocycles. The predicted octanol–water partition coefficient (Wildman–Crippen LogP) is 4.44. The number of rotatable bonds is 6. The van der Waals surface area contributed by atoms with Crippen LogP contribution in [0.5, 0.6) is 0 Å². The van der Waals surface area contributed by atoms with Crippen molar-refractivity contribution in [1.82, 2.24) is 4.90 Å². The highest BCUT2D eigenvalue weighted by Crippen LogP contribution is 2.38. The molecule has 2 aromatic rings. The Bertz CT molecular complexity index is 1040. The quantitative estimate of drug-likeness (QED) is 0.629. The van der Waals surface area contributed by atoms with Crippen LogP contribution in [-0.4, -0.2) is 49.3 Å². The Balaban J connectivity index is 1.40. The van der Waals surface area contributed by atoms with E-state index in [4.69, 9.17) is 9.47 Å². The van der Waals surface area contributed by atoms with E-state index in [1.165, 1.54) is 17.4 Å². The van der Waals surface area contributed by atoms with Crippen LogP contribution in [0.2, 0.25) is 0 Å². The van der Waals surface area contributed by atoms with Crippen molar-refractivity contribution in [1.29, 1.82) is 5.26 Å². The zero-order valence-electron chi connectivity index (χ0n) is 17.8. The Labute approximate surface area is 195 Å². The molecule has 9 heteroatoms. The molecule has 32 heavy (non-hydrogen) atoms. The summed E-state index contributed by atoms with van der Waals surface area (Å²) in [5.41, 5.74) is 2.44. The summed E-state index contributed by atoms with van der Waals surface area (Å²) in [5, 5.41) is 17.0. The van der Waals surface area contributed by atoms with Crippen molar-refractivity contribution in [3.63, 3.8) is 0 Å². The number of carbonyl (C=O) groups is 2. The topological polar surface area (TPSA) is 91.7 Å². The highest BCUT2D eigenvalue weighted by atomic mass is 32.1. The molecule has 1 N–H and O–H groups in total. The molecule has 2 aliphatic rings. The van der Waals surface area contributed by atoms with E-state index in [9.17, 15) is 14.9 Å². The number of ether oxygens (including phenoxy) is 2. The van der Waals surface area contributed by atoms with E-state index in [0.717, 1.165) is 28.8 Å². The van der Waals surface area contributed by atoms with Gasteiger partial charge < -0.3 is 19.7 Å². The maximum absolute atomic E-state index is 12.7. The van der Waals surface area contributed by atoms with Crippen LogP contribution in [-0.2, 0) is 27.1 Å². The first kappa shape index (κ1) is 22.5. The second-order valence-electron chi connectivity index (χ2n) is 7.89. The summed E-state index contributed by atoms with van der Waals surface area (Å²) in [6.07, 6.45) is 6.45. The molecule has 0 radical (unpaired) electrons. The average Bonchev–Trinajstić information content (AvgIpc) is 3.52. The third-order valence-electron chi connectivity index (χ3n) is 5.78. The van der Waals surface area contributed by atoms with Crippen molar-refractivity contribution in [3.05, 3.63) is 44.5 Å². The number of methoxy groups -OCH3 is 1. The highest BCUT2D eigenvalue weighted by Gasteiger charge is 2.33. The van der Waals surface area contributed by atoms with Gasteiger partial charge in [-0.1, -0.05) is 0 Å². The summed E-state index contributed by atoms with van der Waals surface area (Å²) >= 11 is 2.96. The lowest BCUT2D eigenvalue weighted by atomic mass is 9.94. The molecule has 168 valence electrons. The summed E-state index contributed by atoms with van der Waals surface area (Å²) in [5.74, 6) is -0.271. The summed E-state index contributed by atoms with van der Waals surface area (Å²) in [7, 11) is 1.64. The van der Waals surface area contributed by atoms with Gasteiger partial charge in [-0.2, -0.15) is 16.6 Å². The van der Waals surface area contributed by atoms with Crippen LogP contribution in [0.3, 0.4) is 0 Å². The van der Waals surface area contributed by atoms with Crippen LogP contribution >= 0.6 is 22.7 Å². The molecule has 7 nitrogen and oxygen atoms in total. The molecule has 2 aromatic heterocycles. The van der Waals surface area contributed by atoms with Crippen LogP contribution < -0.4 is 5.32 Å². The Morgan fingerprint density at radius 1 is 1.41 bits per heavy atom. The Hall–Kier alpha value is -2.67. The highest BCUT2D eigenvalue weighted by molar-refractivity contribution is 7.16. The van der Waals surface area contributed by atoms with E-state index < -0.39 is 0 Å². The van der Waals surface area contributed by atoms with Gasteiger partial charge in [0.2, 0.25) is 5.91 Å². The largest absolute Gasteiger partial charge is 0.446 e. The number of thiophene rings is 2. The van der Waals surface area contributed by atoms with Crippen LogP contribution in [0, 0.1) is 11.3 Å².